The minimum Gasteiger partial charge on any atom is -0.493 e. The second-order valence-electron chi connectivity index (χ2n) is 4.66. The summed E-state index contributed by atoms with van der Waals surface area (Å²) >= 11 is 5.99. The quantitative estimate of drug-likeness (QED) is 0.503. The number of hydrogen-bond donors (Lipinski definition) is 1. The SMILES string of the molecule is C=CCc1cc(Cl)ccc1OCCC[NH2+]CCCOC. The van der Waals surface area contributed by atoms with E-state index in [1.165, 1.54) is 0 Å². The van der Waals surface area contributed by atoms with Crippen LogP contribution in [0.3, 0.4) is 0 Å². The molecule has 3 nitrogen and oxygen atoms in total. The van der Waals surface area contributed by atoms with Crippen LogP contribution in [0.1, 0.15) is 18.4 Å². The van der Waals surface area contributed by atoms with E-state index in [-0.39, 0.29) is 0 Å². The first-order valence-corrected chi connectivity index (χ1v) is 7.48. The maximum atomic E-state index is 5.99. The number of methoxy groups -OCH3 is 1. The van der Waals surface area contributed by atoms with Gasteiger partial charge in [-0.1, -0.05) is 17.7 Å². The van der Waals surface area contributed by atoms with Crippen molar-refractivity contribution < 1.29 is 14.8 Å². The van der Waals surface area contributed by atoms with Crippen molar-refractivity contribution in [1.82, 2.24) is 0 Å². The number of hydrogen-bond acceptors (Lipinski definition) is 2. The van der Waals surface area contributed by atoms with Crippen molar-refractivity contribution in [3.63, 3.8) is 0 Å². The number of nitrogens with two attached hydrogens (primary N) is 1. The molecule has 0 aromatic heterocycles. The molecule has 0 aliphatic carbocycles. The highest BCUT2D eigenvalue weighted by Gasteiger charge is 2.03. The van der Waals surface area contributed by atoms with E-state index in [9.17, 15) is 0 Å². The van der Waals surface area contributed by atoms with Crippen LogP contribution in [0.2, 0.25) is 5.02 Å². The van der Waals surface area contributed by atoms with Crippen molar-refractivity contribution in [2.75, 3.05) is 33.4 Å². The molecule has 20 heavy (non-hydrogen) atoms. The molecule has 0 saturated heterocycles. The Hall–Kier alpha value is -1.03. The van der Waals surface area contributed by atoms with Gasteiger partial charge in [0.05, 0.1) is 26.3 Å². The highest BCUT2D eigenvalue weighted by Crippen LogP contribution is 2.23. The molecule has 0 atom stereocenters. The normalized spacial score (nSPS) is 10.5. The van der Waals surface area contributed by atoms with Gasteiger partial charge in [-0.15, -0.1) is 6.58 Å². The predicted octanol–water partition coefficient (Wildman–Crippen LogP) is 2.44. The molecule has 0 bridgehead atoms. The molecule has 0 heterocycles. The summed E-state index contributed by atoms with van der Waals surface area (Å²) in [6.45, 7) is 7.51. The third-order valence-corrected chi connectivity index (χ3v) is 3.19. The fraction of sp³-hybridized carbons (Fsp3) is 0.500. The van der Waals surface area contributed by atoms with Gasteiger partial charge in [-0.25, -0.2) is 0 Å². The lowest BCUT2D eigenvalue weighted by atomic mass is 10.1. The van der Waals surface area contributed by atoms with Crippen LogP contribution in [-0.4, -0.2) is 33.4 Å². The molecular weight excluding hydrogens is 274 g/mol. The average molecular weight is 299 g/mol. The van der Waals surface area contributed by atoms with Crippen molar-refractivity contribution in [2.24, 2.45) is 0 Å². The largest absolute Gasteiger partial charge is 0.493 e. The minimum atomic E-state index is 0.729. The van der Waals surface area contributed by atoms with Crippen LogP contribution in [0.15, 0.2) is 30.9 Å². The minimum absolute atomic E-state index is 0.729. The van der Waals surface area contributed by atoms with Crippen molar-refractivity contribution in [3.05, 3.63) is 41.4 Å². The molecule has 4 heteroatoms. The molecule has 0 amide bonds. The Morgan fingerprint density at radius 2 is 2.00 bits per heavy atom. The number of benzene rings is 1. The molecule has 0 unspecified atom stereocenters. The van der Waals surface area contributed by atoms with Crippen LogP contribution in [0.5, 0.6) is 5.75 Å². The van der Waals surface area contributed by atoms with E-state index in [0.717, 1.165) is 61.9 Å². The Balaban J connectivity index is 2.22. The van der Waals surface area contributed by atoms with Gasteiger partial charge in [-0.3, -0.25) is 0 Å². The van der Waals surface area contributed by atoms with Gasteiger partial charge in [0.2, 0.25) is 0 Å². The van der Waals surface area contributed by atoms with E-state index < -0.39 is 0 Å². The summed E-state index contributed by atoms with van der Waals surface area (Å²) in [6, 6.07) is 5.74. The summed E-state index contributed by atoms with van der Waals surface area (Å²) in [5, 5.41) is 3.04. The average Bonchev–Trinajstić information content (AvgIpc) is 2.44. The smallest absolute Gasteiger partial charge is 0.122 e. The van der Waals surface area contributed by atoms with Gasteiger partial charge in [0, 0.05) is 25.0 Å². The van der Waals surface area contributed by atoms with Crippen molar-refractivity contribution in [1.29, 1.82) is 0 Å². The molecule has 112 valence electrons. The zero-order chi connectivity index (χ0) is 14.6. The summed E-state index contributed by atoms with van der Waals surface area (Å²) in [5.74, 6) is 0.911. The van der Waals surface area contributed by atoms with Crippen LogP contribution < -0.4 is 10.1 Å². The second-order valence-corrected chi connectivity index (χ2v) is 5.10. The molecule has 0 aliphatic heterocycles. The maximum Gasteiger partial charge on any atom is 0.122 e. The first-order chi connectivity index (χ1) is 9.77. The fourth-order valence-corrected chi connectivity index (χ4v) is 2.12. The second kappa shape index (κ2) is 10.7. The maximum absolute atomic E-state index is 5.99. The Labute approximate surface area is 126 Å². The van der Waals surface area contributed by atoms with E-state index in [2.05, 4.69) is 11.9 Å². The highest BCUT2D eigenvalue weighted by atomic mass is 35.5. The third-order valence-electron chi connectivity index (χ3n) is 2.95. The Morgan fingerprint density at radius 1 is 1.25 bits per heavy atom. The zero-order valence-electron chi connectivity index (χ0n) is 12.2. The van der Waals surface area contributed by atoms with Gasteiger partial charge in [-0.2, -0.15) is 0 Å². The first-order valence-electron chi connectivity index (χ1n) is 7.10. The summed E-state index contributed by atoms with van der Waals surface area (Å²) in [5.41, 5.74) is 1.09. The highest BCUT2D eigenvalue weighted by molar-refractivity contribution is 6.30. The van der Waals surface area contributed by atoms with Crippen LogP contribution in [0.4, 0.5) is 0 Å². The summed E-state index contributed by atoms with van der Waals surface area (Å²) < 4.78 is 10.8. The van der Waals surface area contributed by atoms with Crippen LogP contribution in [0, 0.1) is 0 Å². The monoisotopic (exact) mass is 298 g/mol. The summed E-state index contributed by atoms with van der Waals surface area (Å²) in [4.78, 5) is 0. The third kappa shape index (κ3) is 6.94. The van der Waals surface area contributed by atoms with Gasteiger partial charge in [-0.05, 0) is 30.2 Å². The van der Waals surface area contributed by atoms with E-state index in [1.807, 2.05) is 24.3 Å². The van der Waals surface area contributed by atoms with Gasteiger partial charge < -0.3 is 14.8 Å². The van der Waals surface area contributed by atoms with E-state index in [4.69, 9.17) is 21.1 Å². The molecule has 0 spiro atoms. The van der Waals surface area contributed by atoms with E-state index in [0.29, 0.717) is 0 Å². The molecule has 2 N–H and O–H groups in total. The van der Waals surface area contributed by atoms with E-state index in [1.54, 1.807) is 7.11 Å². The van der Waals surface area contributed by atoms with Gasteiger partial charge in [0.15, 0.2) is 0 Å². The number of allylic oxidation sites excluding steroid dienone is 1. The summed E-state index contributed by atoms with van der Waals surface area (Å²) in [7, 11) is 1.74. The summed E-state index contributed by atoms with van der Waals surface area (Å²) in [6.07, 6.45) is 4.77. The molecule has 1 aromatic rings. The topological polar surface area (TPSA) is 35.1 Å². The first kappa shape index (κ1) is 17.0. The van der Waals surface area contributed by atoms with Crippen molar-refractivity contribution >= 4 is 11.6 Å². The predicted molar refractivity (Wildman–Crippen MR) is 83.6 cm³/mol. The van der Waals surface area contributed by atoms with Crippen LogP contribution in [-0.2, 0) is 11.2 Å². The van der Waals surface area contributed by atoms with Crippen molar-refractivity contribution in [2.45, 2.75) is 19.3 Å². The van der Waals surface area contributed by atoms with Crippen molar-refractivity contribution in [3.8, 4) is 5.75 Å². The molecule has 0 fully saturated rings. The van der Waals surface area contributed by atoms with Gasteiger partial charge in [0.1, 0.15) is 5.75 Å². The lowest BCUT2D eigenvalue weighted by Crippen LogP contribution is -2.84. The number of quaternary nitrogens is 1. The van der Waals surface area contributed by atoms with Gasteiger partial charge in [0.25, 0.3) is 0 Å². The van der Waals surface area contributed by atoms with Gasteiger partial charge >= 0.3 is 0 Å². The standard InChI is InChI=1S/C16H24ClNO2/c1-3-6-14-13-15(17)7-8-16(14)20-12-5-10-18-9-4-11-19-2/h3,7-8,13,18H,1,4-6,9-12H2,2H3/p+1. The number of halogens is 1. The Morgan fingerprint density at radius 3 is 2.70 bits per heavy atom. The fourth-order valence-electron chi connectivity index (χ4n) is 1.93. The lowest BCUT2D eigenvalue weighted by Gasteiger charge is -2.10. The van der Waals surface area contributed by atoms with Crippen LogP contribution >= 0.6 is 11.6 Å². The van der Waals surface area contributed by atoms with Crippen LogP contribution in [0.25, 0.3) is 0 Å². The molecule has 0 aliphatic rings. The molecule has 0 radical (unpaired) electrons. The molecule has 1 aromatic carbocycles. The molecule has 0 saturated carbocycles. The molecule has 1 rings (SSSR count). The Bertz CT molecular complexity index is 396. The van der Waals surface area contributed by atoms with E-state index >= 15 is 0 Å². The number of ether oxygens (including phenoxy) is 2. The lowest BCUT2D eigenvalue weighted by molar-refractivity contribution is -0.655. The molecular formula is C16H25ClNO2+. The Kier molecular flexibility index (Phi) is 9.13. The zero-order valence-corrected chi connectivity index (χ0v) is 13.0. The number of rotatable bonds is 11.